The lowest BCUT2D eigenvalue weighted by Crippen LogP contribution is -2.26. The number of thiophene rings is 1. The second-order valence-corrected chi connectivity index (χ2v) is 7.32. The molecule has 7 heteroatoms. The molecule has 0 aliphatic carbocycles. The molecule has 0 saturated heterocycles. The summed E-state index contributed by atoms with van der Waals surface area (Å²) in [5, 5.41) is 2.12. The molecule has 1 atom stereocenters. The molecule has 102 valence electrons. The SMILES string of the molecule is CC(NS(=O)(=O)c1cc(N)cs1)c1ccccc1Cl. The summed E-state index contributed by atoms with van der Waals surface area (Å²) in [4.78, 5) is 0. The van der Waals surface area contributed by atoms with Crippen LogP contribution in [-0.4, -0.2) is 8.42 Å². The number of nitrogen functional groups attached to an aromatic ring is 1. The van der Waals surface area contributed by atoms with Gasteiger partial charge in [-0.2, -0.15) is 0 Å². The van der Waals surface area contributed by atoms with Gasteiger partial charge in [0.2, 0.25) is 0 Å². The van der Waals surface area contributed by atoms with Crippen LogP contribution >= 0.6 is 22.9 Å². The van der Waals surface area contributed by atoms with E-state index in [1.165, 1.54) is 6.07 Å². The molecular formula is C12H13ClN2O2S2. The van der Waals surface area contributed by atoms with Crippen LogP contribution in [0.1, 0.15) is 18.5 Å². The van der Waals surface area contributed by atoms with Gasteiger partial charge in [0.05, 0.1) is 0 Å². The molecule has 0 radical (unpaired) electrons. The Morgan fingerprint density at radius 1 is 1.37 bits per heavy atom. The van der Waals surface area contributed by atoms with E-state index in [1.54, 1.807) is 30.5 Å². The van der Waals surface area contributed by atoms with Gasteiger partial charge >= 0.3 is 0 Å². The molecule has 0 saturated carbocycles. The van der Waals surface area contributed by atoms with E-state index < -0.39 is 16.1 Å². The lowest BCUT2D eigenvalue weighted by molar-refractivity contribution is 0.569. The van der Waals surface area contributed by atoms with Crippen molar-refractivity contribution in [3.8, 4) is 0 Å². The van der Waals surface area contributed by atoms with Gasteiger partial charge in [0.1, 0.15) is 4.21 Å². The fourth-order valence-corrected chi connectivity index (χ4v) is 4.27. The molecule has 19 heavy (non-hydrogen) atoms. The Bertz CT molecular complexity index is 683. The van der Waals surface area contributed by atoms with Crippen molar-refractivity contribution in [2.45, 2.75) is 17.2 Å². The molecule has 0 bridgehead atoms. The summed E-state index contributed by atoms with van der Waals surface area (Å²) >= 11 is 7.14. The number of nitrogens with one attached hydrogen (secondary N) is 1. The second-order valence-electron chi connectivity index (χ2n) is 4.06. The standard InChI is InChI=1S/C12H13ClN2O2S2/c1-8(10-4-2-3-5-11(10)13)15-19(16,17)12-6-9(14)7-18-12/h2-8,15H,14H2,1H3. The summed E-state index contributed by atoms with van der Waals surface area (Å²) in [6, 6.07) is 8.15. The van der Waals surface area contributed by atoms with E-state index in [-0.39, 0.29) is 4.21 Å². The minimum atomic E-state index is -3.57. The highest BCUT2D eigenvalue weighted by atomic mass is 35.5. The molecule has 0 spiro atoms. The van der Waals surface area contributed by atoms with Crippen LogP contribution < -0.4 is 10.5 Å². The van der Waals surface area contributed by atoms with Crippen molar-refractivity contribution in [1.82, 2.24) is 4.72 Å². The average molecular weight is 317 g/mol. The number of rotatable bonds is 4. The third-order valence-corrected chi connectivity index (χ3v) is 5.91. The first-order valence-electron chi connectivity index (χ1n) is 5.51. The highest BCUT2D eigenvalue weighted by molar-refractivity contribution is 7.91. The smallest absolute Gasteiger partial charge is 0.250 e. The van der Waals surface area contributed by atoms with Crippen LogP contribution in [0.15, 0.2) is 39.9 Å². The van der Waals surface area contributed by atoms with Crippen molar-refractivity contribution in [2.24, 2.45) is 0 Å². The Balaban J connectivity index is 2.24. The summed E-state index contributed by atoms with van der Waals surface area (Å²) in [6.07, 6.45) is 0. The van der Waals surface area contributed by atoms with Crippen molar-refractivity contribution < 1.29 is 8.42 Å². The molecule has 2 aromatic rings. The first kappa shape index (κ1) is 14.3. The molecule has 1 aromatic carbocycles. The predicted octanol–water partition coefficient (Wildman–Crippen LogP) is 3.02. The van der Waals surface area contributed by atoms with Gasteiger partial charge in [-0.15, -0.1) is 11.3 Å². The molecule has 0 amide bonds. The van der Waals surface area contributed by atoms with Crippen molar-refractivity contribution >= 4 is 38.6 Å². The quantitative estimate of drug-likeness (QED) is 0.910. The highest BCUT2D eigenvalue weighted by Crippen LogP contribution is 2.26. The number of hydrogen-bond donors (Lipinski definition) is 2. The Morgan fingerprint density at radius 3 is 2.63 bits per heavy atom. The average Bonchev–Trinajstić information content (AvgIpc) is 2.76. The summed E-state index contributed by atoms with van der Waals surface area (Å²) in [5.41, 5.74) is 6.71. The van der Waals surface area contributed by atoms with E-state index in [9.17, 15) is 8.42 Å². The van der Waals surface area contributed by atoms with Crippen LogP contribution in [-0.2, 0) is 10.0 Å². The van der Waals surface area contributed by atoms with Crippen LogP contribution in [0, 0.1) is 0 Å². The van der Waals surface area contributed by atoms with Crippen molar-refractivity contribution in [1.29, 1.82) is 0 Å². The zero-order chi connectivity index (χ0) is 14.0. The van der Waals surface area contributed by atoms with E-state index in [0.29, 0.717) is 10.7 Å². The Labute approximate surface area is 121 Å². The highest BCUT2D eigenvalue weighted by Gasteiger charge is 2.21. The number of anilines is 1. The minimum absolute atomic E-state index is 0.198. The van der Waals surface area contributed by atoms with E-state index in [4.69, 9.17) is 17.3 Å². The largest absolute Gasteiger partial charge is 0.398 e. The molecule has 0 aliphatic rings. The van der Waals surface area contributed by atoms with Crippen LogP contribution in [0.4, 0.5) is 5.69 Å². The third-order valence-electron chi connectivity index (χ3n) is 2.56. The summed E-state index contributed by atoms with van der Waals surface area (Å²) in [6.45, 7) is 1.75. The maximum Gasteiger partial charge on any atom is 0.250 e. The lowest BCUT2D eigenvalue weighted by Gasteiger charge is -2.15. The summed E-state index contributed by atoms with van der Waals surface area (Å²) in [7, 11) is -3.57. The fourth-order valence-electron chi connectivity index (χ4n) is 1.65. The zero-order valence-electron chi connectivity index (χ0n) is 10.1. The molecule has 3 N–H and O–H groups in total. The van der Waals surface area contributed by atoms with E-state index in [0.717, 1.165) is 16.9 Å². The van der Waals surface area contributed by atoms with Crippen LogP contribution in [0.5, 0.6) is 0 Å². The second kappa shape index (κ2) is 5.50. The Kier molecular flexibility index (Phi) is 4.15. The Morgan fingerprint density at radius 2 is 2.05 bits per heavy atom. The minimum Gasteiger partial charge on any atom is -0.398 e. The monoisotopic (exact) mass is 316 g/mol. The van der Waals surface area contributed by atoms with Crippen LogP contribution in [0.25, 0.3) is 0 Å². The number of benzene rings is 1. The van der Waals surface area contributed by atoms with Gasteiger partial charge in [-0.3, -0.25) is 0 Å². The first-order valence-corrected chi connectivity index (χ1v) is 8.25. The molecule has 1 aromatic heterocycles. The lowest BCUT2D eigenvalue weighted by atomic mass is 10.1. The van der Waals surface area contributed by atoms with Gasteiger partial charge in [0, 0.05) is 22.1 Å². The van der Waals surface area contributed by atoms with Gasteiger partial charge in [0.25, 0.3) is 10.0 Å². The Hall–Kier alpha value is -1.08. The van der Waals surface area contributed by atoms with E-state index in [1.807, 2.05) is 6.07 Å². The fraction of sp³-hybridized carbons (Fsp3) is 0.167. The molecule has 1 heterocycles. The van der Waals surface area contributed by atoms with Crippen LogP contribution in [0.3, 0.4) is 0 Å². The van der Waals surface area contributed by atoms with Gasteiger partial charge in [-0.25, -0.2) is 13.1 Å². The maximum absolute atomic E-state index is 12.1. The molecule has 0 aliphatic heterocycles. The number of halogens is 1. The van der Waals surface area contributed by atoms with Gasteiger partial charge in [0.15, 0.2) is 0 Å². The summed E-state index contributed by atoms with van der Waals surface area (Å²) in [5.74, 6) is 0. The number of hydrogen-bond acceptors (Lipinski definition) is 4. The van der Waals surface area contributed by atoms with Crippen LogP contribution in [0.2, 0.25) is 5.02 Å². The zero-order valence-corrected chi connectivity index (χ0v) is 12.5. The normalized spacial score (nSPS) is 13.4. The van der Waals surface area contributed by atoms with E-state index in [2.05, 4.69) is 4.72 Å². The third kappa shape index (κ3) is 3.27. The van der Waals surface area contributed by atoms with Gasteiger partial charge in [-0.1, -0.05) is 29.8 Å². The van der Waals surface area contributed by atoms with Crippen molar-refractivity contribution in [3.05, 3.63) is 46.3 Å². The number of sulfonamides is 1. The number of nitrogens with two attached hydrogens (primary N) is 1. The molecule has 2 rings (SSSR count). The molecule has 1 unspecified atom stereocenters. The topological polar surface area (TPSA) is 72.2 Å². The van der Waals surface area contributed by atoms with Crippen molar-refractivity contribution in [3.63, 3.8) is 0 Å². The first-order chi connectivity index (χ1) is 8.90. The summed E-state index contributed by atoms with van der Waals surface area (Å²) < 4.78 is 27.1. The molecule has 0 fully saturated rings. The van der Waals surface area contributed by atoms with Gasteiger partial charge < -0.3 is 5.73 Å². The van der Waals surface area contributed by atoms with Gasteiger partial charge in [-0.05, 0) is 24.6 Å². The maximum atomic E-state index is 12.1. The van der Waals surface area contributed by atoms with E-state index >= 15 is 0 Å². The molecule has 4 nitrogen and oxygen atoms in total. The predicted molar refractivity (Wildman–Crippen MR) is 78.9 cm³/mol. The molecular weight excluding hydrogens is 304 g/mol. The van der Waals surface area contributed by atoms with Crippen molar-refractivity contribution in [2.75, 3.05) is 5.73 Å².